The summed E-state index contributed by atoms with van der Waals surface area (Å²) < 4.78 is 10.3. The number of ether oxygens (including phenoxy) is 2. The molecule has 0 saturated heterocycles. The molecule has 1 aromatic rings. The maximum Gasteiger partial charge on any atom is 0.213 e. The van der Waals surface area contributed by atoms with Crippen molar-refractivity contribution in [1.29, 1.82) is 5.26 Å². The second-order valence-electron chi connectivity index (χ2n) is 3.97. The zero-order valence-electron chi connectivity index (χ0n) is 9.49. The van der Waals surface area contributed by atoms with Gasteiger partial charge in [0.25, 0.3) is 0 Å². The van der Waals surface area contributed by atoms with Gasteiger partial charge in [0.05, 0.1) is 31.9 Å². The Labute approximate surface area is 94.8 Å². The van der Waals surface area contributed by atoms with E-state index in [2.05, 4.69) is 11.1 Å². The molecule has 1 aliphatic carbocycles. The highest BCUT2D eigenvalue weighted by atomic mass is 16.5. The average Bonchev–Trinajstić information content (AvgIpc) is 2.28. The van der Waals surface area contributed by atoms with Crippen LogP contribution in [0.25, 0.3) is 0 Å². The van der Waals surface area contributed by atoms with Crippen LogP contribution in [0.15, 0.2) is 12.3 Å². The quantitative estimate of drug-likeness (QED) is 0.779. The minimum atomic E-state index is -0.401. The molecule has 4 heteroatoms. The Kier molecular flexibility index (Phi) is 2.69. The third kappa shape index (κ3) is 1.49. The van der Waals surface area contributed by atoms with Crippen molar-refractivity contribution >= 4 is 0 Å². The molecule has 0 unspecified atom stereocenters. The first-order chi connectivity index (χ1) is 7.75. The number of aromatic nitrogens is 1. The van der Waals surface area contributed by atoms with Crippen LogP contribution in [0.2, 0.25) is 0 Å². The van der Waals surface area contributed by atoms with Gasteiger partial charge in [0.15, 0.2) is 0 Å². The Bertz CT molecular complexity index is 433. The SMILES string of the molecule is COc1cc(C2(C#N)CCC2)c(OC)cn1. The molecule has 1 fully saturated rings. The first-order valence-electron chi connectivity index (χ1n) is 5.25. The Balaban J connectivity index is 2.49. The van der Waals surface area contributed by atoms with Crippen molar-refractivity contribution < 1.29 is 9.47 Å². The molecule has 0 atom stereocenters. The summed E-state index contributed by atoms with van der Waals surface area (Å²) >= 11 is 0. The van der Waals surface area contributed by atoms with Gasteiger partial charge in [0, 0.05) is 11.6 Å². The van der Waals surface area contributed by atoms with Crippen molar-refractivity contribution in [3.8, 4) is 17.7 Å². The van der Waals surface area contributed by atoms with Gasteiger partial charge in [-0.05, 0) is 19.3 Å². The molecule has 0 aliphatic heterocycles. The van der Waals surface area contributed by atoms with E-state index in [1.165, 1.54) is 0 Å². The van der Waals surface area contributed by atoms with Gasteiger partial charge in [-0.25, -0.2) is 4.98 Å². The second kappa shape index (κ2) is 4.01. The number of hydrogen-bond donors (Lipinski definition) is 0. The highest BCUT2D eigenvalue weighted by Crippen LogP contribution is 2.47. The smallest absolute Gasteiger partial charge is 0.213 e. The molecule has 84 valence electrons. The molecular weight excluding hydrogens is 204 g/mol. The van der Waals surface area contributed by atoms with Crippen LogP contribution in [0.4, 0.5) is 0 Å². The van der Waals surface area contributed by atoms with E-state index in [9.17, 15) is 5.26 Å². The van der Waals surface area contributed by atoms with Crippen LogP contribution in [-0.2, 0) is 5.41 Å². The lowest BCUT2D eigenvalue weighted by Crippen LogP contribution is -2.32. The van der Waals surface area contributed by atoms with Crippen molar-refractivity contribution in [3.63, 3.8) is 0 Å². The molecule has 0 spiro atoms. The van der Waals surface area contributed by atoms with E-state index >= 15 is 0 Å². The number of nitriles is 1. The predicted octanol–water partition coefficient (Wildman–Crippen LogP) is 2.04. The van der Waals surface area contributed by atoms with Crippen LogP contribution in [-0.4, -0.2) is 19.2 Å². The molecule has 1 aliphatic rings. The largest absolute Gasteiger partial charge is 0.495 e. The topological polar surface area (TPSA) is 55.1 Å². The van der Waals surface area contributed by atoms with Gasteiger partial charge in [-0.2, -0.15) is 5.26 Å². The molecule has 0 bridgehead atoms. The van der Waals surface area contributed by atoms with Crippen LogP contribution >= 0.6 is 0 Å². The van der Waals surface area contributed by atoms with Gasteiger partial charge in [-0.3, -0.25) is 0 Å². The Morgan fingerprint density at radius 1 is 1.38 bits per heavy atom. The second-order valence-corrected chi connectivity index (χ2v) is 3.97. The minimum Gasteiger partial charge on any atom is -0.495 e. The number of hydrogen-bond acceptors (Lipinski definition) is 4. The number of pyridine rings is 1. The molecular formula is C12H14N2O2. The van der Waals surface area contributed by atoms with Crippen molar-refractivity contribution in [1.82, 2.24) is 4.98 Å². The molecule has 1 saturated carbocycles. The highest BCUT2D eigenvalue weighted by Gasteiger charge is 2.41. The van der Waals surface area contributed by atoms with Gasteiger partial charge >= 0.3 is 0 Å². The Hall–Kier alpha value is -1.76. The fourth-order valence-corrected chi connectivity index (χ4v) is 2.04. The maximum atomic E-state index is 9.31. The van der Waals surface area contributed by atoms with E-state index in [1.54, 1.807) is 26.5 Å². The summed E-state index contributed by atoms with van der Waals surface area (Å²) in [5, 5.41) is 9.31. The van der Waals surface area contributed by atoms with Gasteiger partial charge in [-0.15, -0.1) is 0 Å². The fourth-order valence-electron chi connectivity index (χ4n) is 2.04. The Morgan fingerprint density at radius 2 is 2.12 bits per heavy atom. The molecule has 0 N–H and O–H groups in total. The van der Waals surface area contributed by atoms with Crippen molar-refractivity contribution in [3.05, 3.63) is 17.8 Å². The van der Waals surface area contributed by atoms with Crippen molar-refractivity contribution in [2.45, 2.75) is 24.7 Å². The lowest BCUT2D eigenvalue weighted by molar-refractivity contribution is 0.302. The average molecular weight is 218 g/mol. The Morgan fingerprint density at radius 3 is 2.56 bits per heavy atom. The lowest BCUT2D eigenvalue weighted by Gasteiger charge is -2.36. The summed E-state index contributed by atoms with van der Waals surface area (Å²) in [6, 6.07) is 4.20. The summed E-state index contributed by atoms with van der Waals surface area (Å²) in [6.07, 6.45) is 4.47. The zero-order chi connectivity index (χ0) is 11.6. The van der Waals surface area contributed by atoms with E-state index in [0.29, 0.717) is 11.6 Å². The standard InChI is InChI=1S/C12H14N2O2/c1-15-10-7-14-11(16-2)6-9(10)12(8-13)4-3-5-12/h6-7H,3-5H2,1-2H3. The van der Waals surface area contributed by atoms with Gasteiger partial charge in [-0.1, -0.05) is 0 Å². The summed E-state index contributed by atoms with van der Waals surface area (Å²) in [6.45, 7) is 0. The predicted molar refractivity (Wildman–Crippen MR) is 58.5 cm³/mol. The van der Waals surface area contributed by atoms with Crippen LogP contribution in [0.3, 0.4) is 0 Å². The molecule has 0 amide bonds. The maximum absolute atomic E-state index is 9.31. The fraction of sp³-hybridized carbons (Fsp3) is 0.500. The molecule has 16 heavy (non-hydrogen) atoms. The number of rotatable bonds is 3. The summed E-state index contributed by atoms with van der Waals surface area (Å²) in [5.41, 5.74) is 0.497. The zero-order valence-corrected chi connectivity index (χ0v) is 9.49. The molecule has 2 rings (SSSR count). The van der Waals surface area contributed by atoms with E-state index < -0.39 is 5.41 Å². The summed E-state index contributed by atoms with van der Waals surface area (Å²) in [4.78, 5) is 4.08. The molecule has 0 aromatic carbocycles. The molecule has 4 nitrogen and oxygen atoms in total. The molecule has 0 radical (unpaired) electrons. The highest BCUT2D eigenvalue weighted by molar-refractivity contribution is 5.46. The summed E-state index contributed by atoms with van der Waals surface area (Å²) in [7, 11) is 3.16. The van der Waals surface area contributed by atoms with E-state index in [0.717, 1.165) is 24.8 Å². The van der Waals surface area contributed by atoms with Crippen LogP contribution in [0.1, 0.15) is 24.8 Å². The van der Waals surface area contributed by atoms with Crippen molar-refractivity contribution in [2.75, 3.05) is 14.2 Å². The molecule has 1 aromatic heterocycles. The number of methoxy groups -OCH3 is 2. The van der Waals surface area contributed by atoms with E-state index in [-0.39, 0.29) is 0 Å². The minimum absolute atomic E-state index is 0.401. The molecule has 1 heterocycles. The van der Waals surface area contributed by atoms with E-state index in [1.807, 2.05) is 0 Å². The van der Waals surface area contributed by atoms with Gasteiger partial charge < -0.3 is 9.47 Å². The van der Waals surface area contributed by atoms with Crippen LogP contribution < -0.4 is 9.47 Å². The van der Waals surface area contributed by atoms with Gasteiger partial charge in [0.1, 0.15) is 5.75 Å². The van der Waals surface area contributed by atoms with E-state index in [4.69, 9.17) is 9.47 Å². The first kappa shape index (κ1) is 10.7. The van der Waals surface area contributed by atoms with Crippen molar-refractivity contribution in [2.24, 2.45) is 0 Å². The first-order valence-corrected chi connectivity index (χ1v) is 5.25. The lowest BCUT2D eigenvalue weighted by atomic mass is 9.65. The third-order valence-corrected chi connectivity index (χ3v) is 3.21. The third-order valence-electron chi connectivity index (χ3n) is 3.21. The monoisotopic (exact) mass is 218 g/mol. The normalized spacial score (nSPS) is 17.1. The van der Waals surface area contributed by atoms with Crippen LogP contribution in [0, 0.1) is 11.3 Å². The number of nitrogens with zero attached hydrogens (tertiary/aromatic N) is 2. The van der Waals surface area contributed by atoms with Crippen LogP contribution in [0.5, 0.6) is 11.6 Å². The van der Waals surface area contributed by atoms with Gasteiger partial charge in [0.2, 0.25) is 5.88 Å². The summed E-state index contributed by atoms with van der Waals surface area (Å²) in [5.74, 6) is 1.19.